The monoisotopic (exact) mass is 281 g/mol. The Morgan fingerprint density at radius 2 is 2.17 bits per heavy atom. The maximum absolute atomic E-state index is 4.33. The molecule has 2 aromatic heterocycles. The first-order valence-corrected chi connectivity index (χ1v) is 7.79. The van der Waals surface area contributed by atoms with Crippen molar-refractivity contribution in [3.8, 4) is 0 Å². The van der Waals surface area contributed by atoms with E-state index in [0.29, 0.717) is 0 Å². The molecule has 0 saturated carbocycles. The number of thiophene rings is 1. The van der Waals surface area contributed by atoms with E-state index in [9.17, 15) is 0 Å². The van der Waals surface area contributed by atoms with E-state index in [-0.39, 0.29) is 11.5 Å². The SMILES string of the molecule is CCNC(c1cccs1)c1snnc1C(C)(C)C. The summed E-state index contributed by atoms with van der Waals surface area (Å²) in [6, 6.07) is 4.49. The summed E-state index contributed by atoms with van der Waals surface area (Å²) in [7, 11) is 0. The Hall–Kier alpha value is -0.780. The van der Waals surface area contributed by atoms with Gasteiger partial charge in [0.2, 0.25) is 0 Å². The summed E-state index contributed by atoms with van der Waals surface area (Å²) in [4.78, 5) is 2.57. The lowest BCUT2D eigenvalue weighted by Crippen LogP contribution is -2.24. The molecule has 0 spiro atoms. The first-order chi connectivity index (χ1) is 8.54. The molecule has 0 aliphatic carbocycles. The molecule has 5 heteroatoms. The quantitative estimate of drug-likeness (QED) is 0.930. The third-order valence-corrected chi connectivity index (χ3v) is 4.45. The zero-order chi connectivity index (χ0) is 13.2. The van der Waals surface area contributed by atoms with Crippen LogP contribution in [0.25, 0.3) is 0 Å². The van der Waals surface area contributed by atoms with Crippen LogP contribution in [0.3, 0.4) is 0 Å². The van der Waals surface area contributed by atoms with Gasteiger partial charge < -0.3 is 5.32 Å². The van der Waals surface area contributed by atoms with E-state index in [1.807, 2.05) is 0 Å². The van der Waals surface area contributed by atoms with Gasteiger partial charge in [-0.1, -0.05) is 38.2 Å². The average molecular weight is 281 g/mol. The fraction of sp³-hybridized carbons (Fsp3) is 0.538. The van der Waals surface area contributed by atoms with Gasteiger partial charge in [0, 0.05) is 10.3 Å². The molecule has 98 valence electrons. The molecule has 0 aliphatic rings. The van der Waals surface area contributed by atoms with E-state index in [1.165, 1.54) is 21.3 Å². The standard InChI is InChI=1S/C13H19N3S2/c1-5-14-10(9-7-6-8-17-9)11-12(13(2,3)4)15-16-18-11/h6-8,10,14H,5H2,1-4H3. The summed E-state index contributed by atoms with van der Waals surface area (Å²) in [5.74, 6) is 0. The second-order valence-electron chi connectivity index (χ2n) is 5.24. The van der Waals surface area contributed by atoms with Gasteiger partial charge in [-0.15, -0.1) is 16.4 Å². The molecule has 0 aromatic carbocycles. The van der Waals surface area contributed by atoms with E-state index in [2.05, 4.69) is 60.1 Å². The predicted molar refractivity (Wildman–Crippen MR) is 78.4 cm³/mol. The summed E-state index contributed by atoms with van der Waals surface area (Å²) < 4.78 is 4.16. The molecular formula is C13H19N3S2. The van der Waals surface area contributed by atoms with E-state index in [1.54, 1.807) is 11.3 Å². The molecule has 2 heterocycles. The van der Waals surface area contributed by atoms with Gasteiger partial charge >= 0.3 is 0 Å². The average Bonchev–Trinajstić information content (AvgIpc) is 2.96. The molecule has 1 atom stereocenters. The Balaban J connectivity index is 2.41. The molecular weight excluding hydrogens is 262 g/mol. The van der Waals surface area contributed by atoms with Crippen molar-refractivity contribution in [1.29, 1.82) is 0 Å². The van der Waals surface area contributed by atoms with Crippen LogP contribution in [-0.4, -0.2) is 16.1 Å². The zero-order valence-electron chi connectivity index (χ0n) is 11.2. The summed E-state index contributed by atoms with van der Waals surface area (Å²) in [5.41, 5.74) is 1.14. The van der Waals surface area contributed by atoms with Gasteiger partial charge in [-0.3, -0.25) is 0 Å². The minimum atomic E-state index is 0.0350. The highest BCUT2D eigenvalue weighted by Gasteiger charge is 2.28. The van der Waals surface area contributed by atoms with Crippen LogP contribution in [0.2, 0.25) is 0 Å². The van der Waals surface area contributed by atoms with Crippen LogP contribution in [-0.2, 0) is 5.41 Å². The van der Waals surface area contributed by atoms with Gasteiger partial charge in [0.05, 0.1) is 16.6 Å². The van der Waals surface area contributed by atoms with Crippen LogP contribution in [0, 0.1) is 0 Å². The highest BCUT2D eigenvalue weighted by Crippen LogP contribution is 2.35. The Morgan fingerprint density at radius 1 is 1.39 bits per heavy atom. The Bertz CT molecular complexity index is 483. The predicted octanol–water partition coefficient (Wildman–Crippen LogP) is 3.60. The highest BCUT2D eigenvalue weighted by atomic mass is 32.1. The van der Waals surface area contributed by atoms with Crippen molar-refractivity contribution in [3.05, 3.63) is 33.0 Å². The fourth-order valence-electron chi connectivity index (χ4n) is 1.89. The van der Waals surface area contributed by atoms with Crippen LogP contribution in [0.5, 0.6) is 0 Å². The van der Waals surface area contributed by atoms with Gasteiger partial charge in [0.25, 0.3) is 0 Å². The lowest BCUT2D eigenvalue weighted by molar-refractivity contribution is 0.545. The van der Waals surface area contributed by atoms with E-state index >= 15 is 0 Å². The molecule has 3 nitrogen and oxygen atoms in total. The van der Waals surface area contributed by atoms with Gasteiger partial charge in [0.1, 0.15) is 0 Å². The van der Waals surface area contributed by atoms with E-state index in [4.69, 9.17) is 0 Å². The minimum Gasteiger partial charge on any atom is -0.305 e. The summed E-state index contributed by atoms with van der Waals surface area (Å²) in [5, 5.41) is 9.99. The molecule has 0 aliphatic heterocycles. The second kappa shape index (κ2) is 5.47. The summed E-state index contributed by atoms with van der Waals surface area (Å²) in [6.45, 7) is 9.62. The van der Waals surface area contributed by atoms with Gasteiger partial charge in [0.15, 0.2) is 0 Å². The van der Waals surface area contributed by atoms with Gasteiger partial charge in [-0.05, 0) is 29.5 Å². The van der Waals surface area contributed by atoms with Crippen molar-refractivity contribution in [3.63, 3.8) is 0 Å². The molecule has 0 amide bonds. The molecule has 0 fully saturated rings. The van der Waals surface area contributed by atoms with E-state index < -0.39 is 0 Å². The van der Waals surface area contributed by atoms with Gasteiger partial charge in [-0.25, -0.2) is 0 Å². The number of nitrogens with zero attached hydrogens (tertiary/aromatic N) is 2. The largest absolute Gasteiger partial charge is 0.305 e. The number of hydrogen-bond donors (Lipinski definition) is 1. The molecule has 1 unspecified atom stereocenters. The van der Waals surface area contributed by atoms with Crippen molar-refractivity contribution in [2.24, 2.45) is 0 Å². The number of aromatic nitrogens is 2. The lowest BCUT2D eigenvalue weighted by atomic mass is 9.90. The lowest BCUT2D eigenvalue weighted by Gasteiger charge is -2.21. The molecule has 1 N–H and O–H groups in total. The Labute approximate surface area is 116 Å². The van der Waals surface area contributed by atoms with Gasteiger partial charge in [-0.2, -0.15) is 0 Å². The van der Waals surface area contributed by atoms with Crippen molar-refractivity contribution in [2.45, 2.75) is 39.2 Å². The van der Waals surface area contributed by atoms with Crippen molar-refractivity contribution < 1.29 is 0 Å². The molecule has 0 saturated heterocycles. The van der Waals surface area contributed by atoms with Crippen LogP contribution >= 0.6 is 22.9 Å². The number of rotatable bonds is 4. The van der Waals surface area contributed by atoms with Crippen molar-refractivity contribution >= 4 is 22.9 Å². The molecule has 2 aromatic rings. The molecule has 2 rings (SSSR count). The van der Waals surface area contributed by atoms with Crippen molar-refractivity contribution in [1.82, 2.24) is 14.9 Å². The summed E-state index contributed by atoms with van der Waals surface area (Å²) >= 11 is 3.28. The Morgan fingerprint density at radius 3 is 2.72 bits per heavy atom. The maximum atomic E-state index is 4.33. The second-order valence-corrected chi connectivity index (χ2v) is 7.01. The zero-order valence-corrected chi connectivity index (χ0v) is 12.9. The molecule has 18 heavy (non-hydrogen) atoms. The molecule has 0 radical (unpaired) electrons. The Kier molecular flexibility index (Phi) is 4.14. The van der Waals surface area contributed by atoms with Crippen LogP contribution in [0.15, 0.2) is 17.5 Å². The summed E-state index contributed by atoms with van der Waals surface area (Å²) in [6.07, 6.45) is 0. The smallest absolute Gasteiger partial charge is 0.0860 e. The minimum absolute atomic E-state index is 0.0350. The van der Waals surface area contributed by atoms with Crippen LogP contribution < -0.4 is 5.32 Å². The maximum Gasteiger partial charge on any atom is 0.0860 e. The third kappa shape index (κ3) is 2.79. The fourth-order valence-corrected chi connectivity index (χ4v) is 3.73. The highest BCUT2D eigenvalue weighted by molar-refractivity contribution is 7.10. The van der Waals surface area contributed by atoms with Crippen LogP contribution in [0.4, 0.5) is 0 Å². The molecule has 0 bridgehead atoms. The first-order valence-electron chi connectivity index (χ1n) is 6.13. The van der Waals surface area contributed by atoms with Crippen LogP contribution in [0.1, 0.15) is 49.2 Å². The number of hydrogen-bond acceptors (Lipinski definition) is 5. The van der Waals surface area contributed by atoms with E-state index in [0.717, 1.165) is 12.2 Å². The third-order valence-electron chi connectivity index (χ3n) is 2.72. The first kappa shape index (κ1) is 13.6. The topological polar surface area (TPSA) is 37.8 Å². The van der Waals surface area contributed by atoms with Crippen molar-refractivity contribution in [2.75, 3.05) is 6.54 Å². The normalized spacial score (nSPS) is 13.8. The number of nitrogens with one attached hydrogen (secondary N) is 1.